The molecule has 0 aromatic heterocycles. The quantitative estimate of drug-likeness (QED) is 0.825. The third-order valence-corrected chi connectivity index (χ3v) is 4.00. The van der Waals surface area contributed by atoms with Crippen LogP contribution in [0.5, 0.6) is 0 Å². The molecule has 0 saturated carbocycles. The number of hydrogen-bond acceptors (Lipinski definition) is 2. The molecule has 0 aliphatic rings. The Kier molecular flexibility index (Phi) is 4.83. The van der Waals surface area contributed by atoms with Gasteiger partial charge in [-0.1, -0.05) is 53.6 Å². The number of carbonyl (C=O) groups is 1. The van der Waals surface area contributed by atoms with E-state index in [2.05, 4.69) is 5.32 Å². The molecule has 108 valence electrons. The van der Waals surface area contributed by atoms with E-state index in [9.17, 15) is 4.79 Å². The predicted molar refractivity (Wildman–Crippen MR) is 91.5 cm³/mol. The van der Waals surface area contributed by atoms with Crippen molar-refractivity contribution < 1.29 is 4.79 Å². The van der Waals surface area contributed by atoms with E-state index in [1.807, 2.05) is 13.0 Å². The van der Waals surface area contributed by atoms with Gasteiger partial charge in [0.1, 0.15) is 4.99 Å². The van der Waals surface area contributed by atoms with E-state index in [1.54, 1.807) is 30.3 Å². The number of nitrogens with one attached hydrogen (secondary N) is 1. The minimum atomic E-state index is -0.342. The van der Waals surface area contributed by atoms with Crippen LogP contribution in [0.2, 0.25) is 10.0 Å². The average molecular weight is 339 g/mol. The van der Waals surface area contributed by atoms with Crippen LogP contribution in [0.25, 0.3) is 0 Å². The lowest BCUT2D eigenvalue weighted by Gasteiger charge is -2.11. The second-order valence-electron chi connectivity index (χ2n) is 4.45. The maximum Gasteiger partial charge on any atom is 0.257 e. The Labute approximate surface area is 138 Å². The molecule has 0 heterocycles. The van der Waals surface area contributed by atoms with Crippen molar-refractivity contribution >= 4 is 52.0 Å². The fourth-order valence-corrected chi connectivity index (χ4v) is 2.29. The molecule has 0 aliphatic carbocycles. The van der Waals surface area contributed by atoms with Gasteiger partial charge in [0.25, 0.3) is 5.91 Å². The Bertz CT molecular complexity index is 732. The van der Waals surface area contributed by atoms with E-state index in [-0.39, 0.29) is 10.9 Å². The summed E-state index contributed by atoms with van der Waals surface area (Å²) in [6.45, 7) is 1.83. The molecular weight excluding hydrogens is 327 g/mol. The molecule has 0 saturated heterocycles. The average Bonchev–Trinajstić information content (AvgIpc) is 2.43. The van der Waals surface area contributed by atoms with Crippen molar-refractivity contribution in [2.45, 2.75) is 6.92 Å². The van der Waals surface area contributed by atoms with E-state index in [4.69, 9.17) is 41.2 Å². The molecule has 2 aromatic carbocycles. The third-order valence-electron chi connectivity index (χ3n) is 2.94. The number of rotatable bonds is 3. The smallest absolute Gasteiger partial charge is 0.257 e. The van der Waals surface area contributed by atoms with E-state index >= 15 is 0 Å². The molecule has 2 aromatic rings. The molecule has 21 heavy (non-hydrogen) atoms. The lowest BCUT2D eigenvalue weighted by molar-refractivity contribution is 0.102. The molecule has 2 rings (SSSR count). The van der Waals surface area contributed by atoms with Crippen molar-refractivity contribution in [3.8, 4) is 0 Å². The number of carbonyl (C=O) groups excluding carboxylic acids is 1. The second kappa shape index (κ2) is 6.43. The summed E-state index contributed by atoms with van der Waals surface area (Å²) in [5, 5.41) is 3.53. The molecule has 0 atom stereocenters. The van der Waals surface area contributed by atoms with Crippen molar-refractivity contribution in [2.24, 2.45) is 5.73 Å². The van der Waals surface area contributed by atoms with E-state index < -0.39 is 0 Å². The highest BCUT2D eigenvalue weighted by molar-refractivity contribution is 7.80. The topological polar surface area (TPSA) is 55.1 Å². The molecule has 0 aliphatic heterocycles. The van der Waals surface area contributed by atoms with Crippen LogP contribution in [-0.4, -0.2) is 10.9 Å². The van der Waals surface area contributed by atoms with Crippen LogP contribution in [0.4, 0.5) is 5.69 Å². The van der Waals surface area contributed by atoms with Crippen LogP contribution in [0, 0.1) is 6.92 Å². The highest BCUT2D eigenvalue weighted by Gasteiger charge is 2.14. The summed E-state index contributed by atoms with van der Waals surface area (Å²) in [7, 11) is 0. The third kappa shape index (κ3) is 3.53. The van der Waals surface area contributed by atoms with Crippen molar-refractivity contribution in [1.29, 1.82) is 0 Å². The van der Waals surface area contributed by atoms with Gasteiger partial charge in [-0.2, -0.15) is 0 Å². The van der Waals surface area contributed by atoms with E-state index in [1.165, 1.54) is 0 Å². The van der Waals surface area contributed by atoms with Gasteiger partial charge < -0.3 is 11.1 Å². The summed E-state index contributed by atoms with van der Waals surface area (Å²) in [5.41, 5.74) is 7.84. The van der Waals surface area contributed by atoms with Crippen LogP contribution >= 0.6 is 35.4 Å². The molecule has 0 fully saturated rings. The standard InChI is InChI=1S/C15H12Cl2N2OS/c1-8-3-2-4-10(13(8)17)15(20)19-12-7-9(14(18)21)5-6-11(12)16/h2-7H,1H3,(H2,18,21)(H,19,20). The van der Waals surface area contributed by atoms with Gasteiger partial charge in [-0.05, 0) is 30.7 Å². The maximum atomic E-state index is 12.3. The van der Waals surface area contributed by atoms with Gasteiger partial charge in [-0.15, -0.1) is 0 Å². The first kappa shape index (κ1) is 15.8. The largest absolute Gasteiger partial charge is 0.389 e. The Morgan fingerprint density at radius 1 is 1.24 bits per heavy atom. The second-order valence-corrected chi connectivity index (χ2v) is 5.67. The molecule has 0 bridgehead atoms. The van der Waals surface area contributed by atoms with Crippen LogP contribution in [0.15, 0.2) is 36.4 Å². The fourth-order valence-electron chi connectivity index (χ4n) is 1.79. The Balaban J connectivity index is 2.33. The monoisotopic (exact) mass is 338 g/mol. The number of anilines is 1. The minimum absolute atomic E-state index is 0.232. The van der Waals surface area contributed by atoms with Crippen LogP contribution in [-0.2, 0) is 0 Å². The molecule has 6 heteroatoms. The molecule has 1 amide bonds. The molecule has 0 unspecified atom stereocenters. The van der Waals surface area contributed by atoms with E-state index in [0.29, 0.717) is 26.9 Å². The van der Waals surface area contributed by atoms with Crippen molar-refractivity contribution in [1.82, 2.24) is 0 Å². The van der Waals surface area contributed by atoms with Gasteiger partial charge in [0.2, 0.25) is 0 Å². The highest BCUT2D eigenvalue weighted by Crippen LogP contribution is 2.26. The zero-order valence-corrected chi connectivity index (χ0v) is 13.4. The molecular formula is C15H12Cl2N2OS. The number of halogens is 2. The number of nitrogens with two attached hydrogens (primary N) is 1. The number of aryl methyl sites for hydroxylation is 1. The van der Waals surface area contributed by atoms with Crippen LogP contribution in [0.3, 0.4) is 0 Å². The van der Waals surface area contributed by atoms with Crippen molar-refractivity contribution in [3.63, 3.8) is 0 Å². The lowest BCUT2D eigenvalue weighted by atomic mass is 10.1. The SMILES string of the molecule is Cc1cccc(C(=O)Nc2cc(C(N)=S)ccc2Cl)c1Cl. The zero-order valence-electron chi connectivity index (χ0n) is 11.1. The zero-order chi connectivity index (χ0) is 15.6. The summed E-state index contributed by atoms with van der Waals surface area (Å²) < 4.78 is 0. The summed E-state index contributed by atoms with van der Waals surface area (Å²) in [6.07, 6.45) is 0. The Hall–Kier alpha value is -1.62. The molecule has 0 radical (unpaired) electrons. The van der Waals surface area contributed by atoms with Crippen molar-refractivity contribution in [3.05, 3.63) is 63.1 Å². The molecule has 0 spiro atoms. The van der Waals surface area contributed by atoms with Gasteiger partial charge in [0.05, 0.1) is 21.3 Å². The number of amides is 1. The molecule has 3 N–H and O–H groups in total. The maximum absolute atomic E-state index is 12.3. The minimum Gasteiger partial charge on any atom is -0.389 e. The highest BCUT2D eigenvalue weighted by atomic mass is 35.5. The summed E-state index contributed by atoms with van der Waals surface area (Å²) >= 11 is 17.1. The summed E-state index contributed by atoms with van der Waals surface area (Å²) in [4.78, 5) is 12.5. The molecule has 3 nitrogen and oxygen atoms in total. The first-order chi connectivity index (χ1) is 9.90. The van der Waals surface area contributed by atoms with E-state index in [0.717, 1.165) is 5.56 Å². The van der Waals surface area contributed by atoms with Crippen LogP contribution < -0.4 is 11.1 Å². The van der Waals surface area contributed by atoms with Gasteiger partial charge in [-0.3, -0.25) is 4.79 Å². The number of thiocarbonyl (C=S) groups is 1. The lowest BCUT2D eigenvalue weighted by Crippen LogP contribution is -2.15. The Morgan fingerprint density at radius 2 is 1.95 bits per heavy atom. The normalized spacial score (nSPS) is 10.2. The Morgan fingerprint density at radius 3 is 2.62 bits per heavy atom. The summed E-state index contributed by atoms with van der Waals surface area (Å²) in [6, 6.07) is 10.2. The fraction of sp³-hybridized carbons (Fsp3) is 0.0667. The predicted octanol–water partition coefficient (Wildman–Crippen LogP) is 4.19. The van der Waals surface area contributed by atoms with Gasteiger partial charge in [0.15, 0.2) is 0 Å². The van der Waals surface area contributed by atoms with Crippen LogP contribution in [0.1, 0.15) is 21.5 Å². The first-order valence-corrected chi connectivity index (χ1v) is 7.22. The van der Waals surface area contributed by atoms with Gasteiger partial charge >= 0.3 is 0 Å². The van der Waals surface area contributed by atoms with Gasteiger partial charge in [0, 0.05) is 5.56 Å². The first-order valence-electron chi connectivity index (χ1n) is 6.06. The van der Waals surface area contributed by atoms with Gasteiger partial charge in [-0.25, -0.2) is 0 Å². The number of benzene rings is 2. The van der Waals surface area contributed by atoms with Crippen molar-refractivity contribution in [2.75, 3.05) is 5.32 Å². The summed E-state index contributed by atoms with van der Waals surface area (Å²) in [5.74, 6) is -0.342. The number of hydrogen-bond donors (Lipinski definition) is 2.